The lowest BCUT2D eigenvalue weighted by Gasteiger charge is -2.42. The largest absolute Gasteiger partial charge is 0.317 e. The Balaban J connectivity index is 2.05. The van der Waals surface area contributed by atoms with E-state index in [9.17, 15) is 0 Å². The predicted octanol–water partition coefficient (Wildman–Crippen LogP) is 5.10. The molecule has 1 fully saturated rings. The molecule has 0 radical (unpaired) electrons. The number of hydrogen-bond acceptors (Lipinski definition) is 2. The monoisotopic (exact) mass is 343 g/mol. The van der Waals surface area contributed by atoms with Crippen molar-refractivity contribution in [3.05, 3.63) is 20.8 Å². The molecule has 0 aromatic carbocycles. The minimum absolute atomic E-state index is 0.451. The SMILES string of the molecule is CNC1CCC(C(C)(C)C)CC1Cc1cc(Br)cs1. The summed E-state index contributed by atoms with van der Waals surface area (Å²) in [7, 11) is 2.12. The molecule has 2 rings (SSSR count). The third kappa shape index (κ3) is 4.05. The van der Waals surface area contributed by atoms with Gasteiger partial charge in [-0.25, -0.2) is 0 Å². The number of hydrogen-bond donors (Lipinski definition) is 1. The predicted molar refractivity (Wildman–Crippen MR) is 88.9 cm³/mol. The van der Waals surface area contributed by atoms with E-state index < -0.39 is 0 Å². The van der Waals surface area contributed by atoms with Crippen LogP contribution in [-0.2, 0) is 6.42 Å². The molecule has 3 heteroatoms. The van der Waals surface area contributed by atoms with Gasteiger partial charge in [0.05, 0.1) is 0 Å². The summed E-state index contributed by atoms with van der Waals surface area (Å²) < 4.78 is 1.23. The Bertz CT molecular complexity index is 407. The van der Waals surface area contributed by atoms with Crippen LogP contribution in [0.4, 0.5) is 0 Å². The lowest BCUT2D eigenvalue weighted by atomic mass is 9.67. The zero-order chi connectivity index (χ0) is 14.0. The van der Waals surface area contributed by atoms with Crippen LogP contribution >= 0.6 is 27.3 Å². The van der Waals surface area contributed by atoms with Gasteiger partial charge in [0, 0.05) is 20.8 Å². The van der Waals surface area contributed by atoms with Crippen molar-refractivity contribution in [1.29, 1.82) is 0 Å². The van der Waals surface area contributed by atoms with Crippen LogP contribution in [0.15, 0.2) is 15.9 Å². The van der Waals surface area contributed by atoms with Gasteiger partial charge in [0.2, 0.25) is 0 Å². The van der Waals surface area contributed by atoms with E-state index >= 15 is 0 Å². The molecule has 1 aliphatic carbocycles. The Morgan fingerprint density at radius 1 is 1.37 bits per heavy atom. The summed E-state index contributed by atoms with van der Waals surface area (Å²) >= 11 is 5.46. The molecule has 19 heavy (non-hydrogen) atoms. The maximum absolute atomic E-state index is 3.57. The normalized spacial score (nSPS) is 28.6. The zero-order valence-corrected chi connectivity index (χ0v) is 14.9. The number of rotatable bonds is 3. The van der Waals surface area contributed by atoms with Gasteiger partial charge in [-0.1, -0.05) is 20.8 Å². The van der Waals surface area contributed by atoms with Gasteiger partial charge in [0.1, 0.15) is 0 Å². The summed E-state index contributed by atoms with van der Waals surface area (Å²) in [4.78, 5) is 1.52. The third-order valence-corrected chi connectivity index (χ3v) is 6.38. The van der Waals surface area contributed by atoms with Crippen LogP contribution in [0.2, 0.25) is 0 Å². The quantitative estimate of drug-likeness (QED) is 0.804. The van der Waals surface area contributed by atoms with E-state index in [4.69, 9.17) is 0 Å². The molecule has 1 aliphatic rings. The molecule has 3 atom stereocenters. The smallest absolute Gasteiger partial charge is 0.0285 e. The molecule has 1 aromatic rings. The van der Waals surface area contributed by atoms with E-state index in [1.54, 1.807) is 0 Å². The van der Waals surface area contributed by atoms with Crippen molar-refractivity contribution in [2.24, 2.45) is 17.3 Å². The summed E-state index contributed by atoms with van der Waals surface area (Å²) in [5.41, 5.74) is 0.451. The second kappa shape index (κ2) is 6.28. The minimum atomic E-state index is 0.451. The van der Waals surface area contributed by atoms with Gasteiger partial charge in [-0.05, 0) is 72.0 Å². The van der Waals surface area contributed by atoms with Crippen LogP contribution in [0.5, 0.6) is 0 Å². The second-order valence-corrected chi connectivity index (χ2v) is 8.88. The van der Waals surface area contributed by atoms with Crippen molar-refractivity contribution in [1.82, 2.24) is 5.32 Å². The van der Waals surface area contributed by atoms with Crippen LogP contribution in [0, 0.1) is 17.3 Å². The molecule has 0 spiro atoms. The summed E-state index contributed by atoms with van der Waals surface area (Å²) in [6.45, 7) is 7.20. The van der Waals surface area contributed by atoms with Gasteiger partial charge in [0.25, 0.3) is 0 Å². The maximum atomic E-state index is 3.57. The fourth-order valence-corrected chi connectivity index (χ4v) is 4.92. The molecule has 1 heterocycles. The maximum Gasteiger partial charge on any atom is 0.0285 e. The van der Waals surface area contributed by atoms with E-state index in [2.05, 4.69) is 60.5 Å². The van der Waals surface area contributed by atoms with Crippen molar-refractivity contribution < 1.29 is 0 Å². The highest BCUT2D eigenvalue weighted by Gasteiger charge is 2.35. The second-order valence-electron chi connectivity index (χ2n) is 6.97. The van der Waals surface area contributed by atoms with Crippen molar-refractivity contribution in [3.8, 4) is 0 Å². The molecule has 3 unspecified atom stereocenters. The van der Waals surface area contributed by atoms with Crippen LogP contribution in [0.3, 0.4) is 0 Å². The van der Waals surface area contributed by atoms with Crippen molar-refractivity contribution in [3.63, 3.8) is 0 Å². The standard InChI is InChI=1S/C16H26BrNS/c1-16(2,3)12-5-6-15(18-4)11(7-12)8-14-9-13(17)10-19-14/h9-12,15,18H,5-8H2,1-4H3. The first kappa shape index (κ1) is 15.5. The molecule has 1 saturated carbocycles. The van der Waals surface area contributed by atoms with Crippen LogP contribution in [0.1, 0.15) is 44.9 Å². The first-order chi connectivity index (χ1) is 8.90. The van der Waals surface area contributed by atoms with E-state index in [0.29, 0.717) is 11.5 Å². The lowest BCUT2D eigenvalue weighted by Crippen LogP contribution is -2.42. The highest BCUT2D eigenvalue weighted by molar-refractivity contribution is 9.10. The Morgan fingerprint density at radius 2 is 2.11 bits per heavy atom. The van der Waals surface area contributed by atoms with Gasteiger partial charge in [-0.15, -0.1) is 11.3 Å². The van der Waals surface area contributed by atoms with E-state index in [1.165, 1.54) is 35.0 Å². The molecular formula is C16H26BrNS. The molecular weight excluding hydrogens is 318 g/mol. The molecule has 0 bridgehead atoms. The molecule has 1 aromatic heterocycles. The van der Waals surface area contributed by atoms with Crippen LogP contribution in [-0.4, -0.2) is 13.1 Å². The summed E-state index contributed by atoms with van der Waals surface area (Å²) in [6.07, 6.45) is 5.30. The van der Waals surface area contributed by atoms with E-state index in [1.807, 2.05) is 11.3 Å². The van der Waals surface area contributed by atoms with Gasteiger partial charge in [0.15, 0.2) is 0 Å². The summed E-state index contributed by atoms with van der Waals surface area (Å²) in [5.74, 6) is 1.65. The Kier molecular flexibility index (Phi) is 5.13. The number of thiophene rings is 1. The molecule has 0 saturated heterocycles. The van der Waals surface area contributed by atoms with Gasteiger partial charge in [-0.2, -0.15) is 0 Å². The fraction of sp³-hybridized carbons (Fsp3) is 0.750. The zero-order valence-electron chi connectivity index (χ0n) is 12.5. The van der Waals surface area contributed by atoms with E-state index in [0.717, 1.165) is 11.8 Å². The number of nitrogens with one attached hydrogen (secondary N) is 1. The van der Waals surface area contributed by atoms with Crippen LogP contribution in [0.25, 0.3) is 0 Å². The number of halogens is 1. The minimum Gasteiger partial charge on any atom is -0.317 e. The molecule has 0 amide bonds. The molecule has 1 N–H and O–H groups in total. The summed E-state index contributed by atoms with van der Waals surface area (Å²) in [6, 6.07) is 2.98. The topological polar surface area (TPSA) is 12.0 Å². The third-order valence-electron chi connectivity index (χ3n) is 4.66. The average Bonchev–Trinajstić information content (AvgIpc) is 2.73. The summed E-state index contributed by atoms with van der Waals surface area (Å²) in [5, 5.41) is 5.75. The van der Waals surface area contributed by atoms with Gasteiger partial charge >= 0.3 is 0 Å². The fourth-order valence-electron chi connectivity index (χ4n) is 3.38. The Hall–Kier alpha value is 0.140. The molecule has 1 nitrogen and oxygen atoms in total. The van der Waals surface area contributed by atoms with Crippen molar-refractivity contribution >= 4 is 27.3 Å². The highest BCUT2D eigenvalue weighted by atomic mass is 79.9. The Labute approximate surface area is 130 Å². The Morgan fingerprint density at radius 3 is 2.63 bits per heavy atom. The lowest BCUT2D eigenvalue weighted by molar-refractivity contribution is 0.117. The van der Waals surface area contributed by atoms with Gasteiger partial charge < -0.3 is 5.32 Å². The average molecular weight is 344 g/mol. The van der Waals surface area contributed by atoms with Crippen molar-refractivity contribution in [2.45, 2.75) is 52.5 Å². The highest BCUT2D eigenvalue weighted by Crippen LogP contribution is 2.41. The first-order valence-corrected chi connectivity index (χ1v) is 8.97. The van der Waals surface area contributed by atoms with Crippen LogP contribution < -0.4 is 5.32 Å². The van der Waals surface area contributed by atoms with E-state index in [-0.39, 0.29) is 0 Å². The van der Waals surface area contributed by atoms with Gasteiger partial charge in [-0.3, -0.25) is 0 Å². The van der Waals surface area contributed by atoms with Crippen molar-refractivity contribution in [2.75, 3.05) is 7.05 Å². The molecule has 108 valence electrons. The molecule has 0 aliphatic heterocycles. The first-order valence-electron chi connectivity index (χ1n) is 7.30.